The van der Waals surface area contributed by atoms with Crippen molar-refractivity contribution in [1.82, 2.24) is 24.3 Å². The van der Waals surface area contributed by atoms with Crippen molar-refractivity contribution in [3.8, 4) is 0 Å². The summed E-state index contributed by atoms with van der Waals surface area (Å²) in [6.07, 6.45) is 5.99. The summed E-state index contributed by atoms with van der Waals surface area (Å²) in [4.78, 5) is 17.7. The molecular weight excluding hydrogens is 603 g/mol. The number of pyridine rings is 1. The van der Waals surface area contributed by atoms with E-state index in [1.807, 2.05) is 44.2 Å². The van der Waals surface area contributed by atoms with Crippen molar-refractivity contribution in [1.29, 1.82) is 0 Å². The number of sulfonamides is 1. The molecule has 1 amide bonds. The second kappa shape index (κ2) is 12.9. The predicted octanol–water partition coefficient (Wildman–Crippen LogP) is 6.14. The van der Waals surface area contributed by atoms with Gasteiger partial charge in [-0.15, -0.1) is 5.10 Å². The van der Waals surface area contributed by atoms with Gasteiger partial charge >= 0.3 is 0 Å². The fraction of sp³-hybridized carbons (Fsp3) is 0.257. The smallest absolute Gasteiger partial charge is 0.249 e. The molecule has 1 N–H and O–H groups in total. The van der Waals surface area contributed by atoms with Crippen molar-refractivity contribution in [2.45, 2.75) is 51.6 Å². The minimum atomic E-state index is -3.78. The highest BCUT2D eigenvalue weighted by molar-refractivity contribution is 7.89. The van der Waals surface area contributed by atoms with E-state index in [0.717, 1.165) is 23.1 Å². The van der Waals surface area contributed by atoms with Crippen LogP contribution < -0.4 is 5.32 Å². The van der Waals surface area contributed by atoms with Crippen molar-refractivity contribution in [2.24, 2.45) is 5.92 Å². The fourth-order valence-corrected chi connectivity index (χ4v) is 7.68. The average Bonchev–Trinajstić information content (AvgIpc) is 3.45. The molecule has 0 fully saturated rings. The first kappa shape index (κ1) is 31.3. The lowest BCUT2D eigenvalue weighted by Gasteiger charge is -2.24. The van der Waals surface area contributed by atoms with E-state index in [1.54, 1.807) is 51.6 Å². The van der Waals surface area contributed by atoms with Crippen LogP contribution >= 0.6 is 0 Å². The molecule has 0 unspecified atom stereocenters. The van der Waals surface area contributed by atoms with E-state index in [9.17, 15) is 13.2 Å². The summed E-state index contributed by atoms with van der Waals surface area (Å²) in [7, 11) is -3.78. The third kappa shape index (κ3) is 6.08. The Morgan fingerprint density at radius 1 is 1.09 bits per heavy atom. The fourth-order valence-electron chi connectivity index (χ4n) is 5.96. The number of aromatic nitrogens is 4. The first-order valence-corrected chi connectivity index (χ1v) is 16.8. The summed E-state index contributed by atoms with van der Waals surface area (Å²) in [5.74, 6) is -0.914. The zero-order chi connectivity index (χ0) is 32.4. The highest BCUT2D eigenvalue weighted by Gasteiger charge is 2.33. The average molecular weight is 639 g/mol. The summed E-state index contributed by atoms with van der Waals surface area (Å²) in [5, 5.41) is 10.9. The highest BCUT2D eigenvalue weighted by atomic mass is 32.2. The Kier molecular flexibility index (Phi) is 8.79. The van der Waals surface area contributed by atoms with E-state index in [4.69, 9.17) is 0 Å². The number of carbonyl (C=O) groups excluding carboxylic acids is 1. The zero-order valence-electron chi connectivity index (χ0n) is 25.9. The molecule has 0 saturated carbocycles. The molecule has 0 saturated heterocycles. The lowest BCUT2D eigenvalue weighted by molar-refractivity contribution is -0.111. The summed E-state index contributed by atoms with van der Waals surface area (Å²) in [6, 6.07) is 19.5. The number of anilines is 1. The molecule has 1 aliphatic heterocycles. The molecule has 1 aliphatic rings. The van der Waals surface area contributed by atoms with Crippen LogP contribution in [0.25, 0.3) is 16.6 Å². The lowest BCUT2D eigenvalue weighted by atomic mass is 9.93. The first-order chi connectivity index (χ1) is 22.2. The quantitative estimate of drug-likeness (QED) is 0.205. The van der Waals surface area contributed by atoms with Crippen LogP contribution in [0, 0.1) is 18.7 Å². The third-order valence-electron chi connectivity index (χ3n) is 8.56. The summed E-state index contributed by atoms with van der Waals surface area (Å²) in [6.45, 7) is 6.93. The number of hydrogen-bond acceptors (Lipinski definition) is 6. The lowest BCUT2D eigenvalue weighted by Crippen LogP contribution is -2.33. The minimum absolute atomic E-state index is 0.102. The molecule has 2 aromatic heterocycles. The van der Waals surface area contributed by atoms with Gasteiger partial charge in [-0.3, -0.25) is 9.78 Å². The molecule has 3 heterocycles. The van der Waals surface area contributed by atoms with Crippen LogP contribution in [0.15, 0.2) is 90.1 Å². The Morgan fingerprint density at radius 2 is 1.91 bits per heavy atom. The summed E-state index contributed by atoms with van der Waals surface area (Å²) in [5.41, 5.74) is 4.66. The van der Waals surface area contributed by atoms with Crippen molar-refractivity contribution in [3.05, 3.63) is 119 Å². The standard InChI is InChI=1S/C35H35FN6O3S/c1-4-24-17-26-9-6-7-11-32(26)46(44,45)41(21-24)22-27-18-25(13-12-23(27)3)30(19-33(43)38-28-10-8-16-37-20-28)29-14-15-31-35(34(29)36)39-40-42(31)5-2/h6-16,18-20,24H,4-5,17,21-22H2,1-3H3,(H,38,43)/t24-/m0/s1. The molecule has 1 atom stereocenters. The maximum absolute atomic E-state index is 16.2. The van der Waals surface area contributed by atoms with Crippen LogP contribution in [0.4, 0.5) is 10.1 Å². The SMILES string of the molecule is CC[C@H]1Cc2ccccc2S(=O)(=O)N(Cc2cc(C(=CC(=O)Nc3cccnc3)c3ccc4c(nnn4CC)c3F)ccc2C)C1. The topological polar surface area (TPSA) is 110 Å². The van der Waals surface area contributed by atoms with Crippen LogP contribution in [0.5, 0.6) is 0 Å². The number of benzene rings is 3. The van der Waals surface area contributed by atoms with E-state index in [-0.39, 0.29) is 23.5 Å². The number of nitrogens with one attached hydrogen (secondary N) is 1. The van der Waals surface area contributed by atoms with E-state index in [2.05, 4.69) is 27.5 Å². The van der Waals surface area contributed by atoms with E-state index in [1.165, 1.54) is 12.3 Å². The number of fused-ring (bicyclic) bond motifs is 2. The normalized spacial score (nSPS) is 16.6. The van der Waals surface area contributed by atoms with Crippen molar-refractivity contribution in [2.75, 3.05) is 11.9 Å². The molecule has 0 radical (unpaired) electrons. The van der Waals surface area contributed by atoms with Gasteiger partial charge in [0.2, 0.25) is 15.9 Å². The summed E-state index contributed by atoms with van der Waals surface area (Å²) >= 11 is 0. The highest BCUT2D eigenvalue weighted by Crippen LogP contribution is 2.34. The molecule has 5 aromatic rings. The van der Waals surface area contributed by atoms with E-state index >= 15 is 4.39 Å². The first-order valence-electron chi connectivity index (χ1n) is 15.3. The molecule has 11 heteroatoms. The maximum atomic E-state index is 16.2. The third-order valence-corrected chi connectivity index (χ3v) is 10.5. The maximum Gasteiger partial charge on any atom is 0.249 e. The van der Waals surface area contributed by atoms with Gasteiger partial charge in [-0.1, -0.05) is 48.9 Å². The zero-order valence-corrected chi connectivity index (χ0v) is 26.8. The Morgan fingerprint density at radius 3 is 2.67 bits per heavy atom. The molecule has 236 valence electrons. The van der Waals surface area contributed by atoms with Crippen LogP contribution in [0.3, 0.4) is 0 Å². The number of halogens is 1. The van der Waals surface area contributed by atoms with Gasteiger partial charge < -0.3 is 5.32 Å². The predicted molar refractivity (Wildman–Crippen MR) is 176 cm³/mol. The van der Waals surface area contributed by atoms with Crippen LogP contribution in [0.1, 0.15) is 48.1 Å². The number of nitrogens with zero attached hydrogens (tertiary/aromatic N) is 5. The van der Waals surface area contributed by atoms with Gasteiger partial charge in [0, 0.05) is 37.5 Å². The van der Waals surface area contributed by atoms with Crippen LogP contribution in [0.2, 0.25) is 0 Å². The monoisotopic (exact) mass is 638 g/mol. The van der Waals surface area contributed by atoms with Crippen molar-refractivity contribution < 1.29 is 17.6 Å². The molecular formula is C35H35FN6O3S. The van der Waals surface area contributed by atoms with Crippen LogP contribution in [-0.4, -0.2) is 45.2 Å². The van der Waals surface area contributed by atoms with Crippen molar-refractivity contribution in [3.63, 3.8) is 0 Å². The molecule has 6 rings (SSSR count). The van der Waals surface area contributed by atoms with Gasteiger partial charge in [-0.05, 0) is 90.4 Å². The van der Waals surface area contributed by atoms with E-state index < -0.39 is 21.7 Å². The number of carbonyl (C=O) groups is 1. The Bertz CT molecular complexity index is 2060. The van der Waals surface area contributed by atoms with Gasteiger partial charge in [0.15, 0.2) is 5.82 Å². The molecule has 0 spiro atoms. The summed E-state index contributed by atoms with van der Waals surface area (Å²) < 4.78 is 47.2. The Hall–Kier alpha value is -4.74. The number of aryl methyl sites for hydroxylation is 2. The van der Waals surface area contributed by atoms with Gasteiger partial charge in [0.25, 0.3) is 0 Å². The Balaban J connectivity index is 1.44. The van der Waals surface area contributed by atoms with E-state index in [0.29, 0.717) is 46.7 Å². The van der Waals surface area contributed by atoms with Gasteiger partial charge in [0.1, 0.15) is 5.52 Å². The number of amides is 1. The van der Waals surface area contributed by atoms with Crippen LogP contribution in [-0.2, 0) is 34.3 Å². The molecule has 9 nitrogen and oxygen atoms in total. The Labute approximate surface area is 267 Å². The number of hydrogen-bond donors (Lipinski definition) is 1. The van der Waals surface area contributed by atoms with Gasteiger partial charge in [-0.25, -0.2) is 17.5 Å². The van der Waals surface area contributed by atoms with Crippen molar-refractivity contribution >= 4 is 38.2 Å². The van der Waals surface area contributed by atoms with Gasteiger partial charge in [0.05, 0.1) is 22.3 Å². The second-order valence-corrected chi connectivity index (χ2v) is 13.4. The molecule has 0 bridgehead atoms. The van der Waals surface area contributed by atoms with Gasteiger partial charge in [-0.2, -0.15) is 4.31 Å². The molecule has 3 aromatic carbocycles. The second-order valence-electron chi connectivity index (χ2n) is 11.5. The molecule has 0 aliphatic carbocycles. The minimum Gasteiger partial charge on any atom is -0.321 e. The molecule has 46 heavy (non-hydrogen) atoms. The number of rotatable bonds is 8. The largest absolute Gasteiger partial charge is 0.321 e.